The number of carbonyl (C=O) groups is 2. The Morgan fingerprint density at radius 3 is 2.35 bits per heavy atom. The molecule has 172 valence electrons. The average molecular weight is 458 g/mol. The Balaban J connectivity index is 1.54. The number of methoxy groups -OCH3 is 3. The van der Waals surface area contributed by atoms with Crippen molar-refractivity contribution in [1.82, 2.24) is 0 Å². The summed E-state index contributed by atoms with van der Waals surface area (Å²) < 4.78 is 27.3. The van der Waals surface area contributed by atoms with Crippen LogP contribution in [0.25, 0.3) is 12.2 Å². The lowest BCUT2D eigenvalue weighted by molar-refractivity contribution is -0.128. The first kappa shape index (κ1) is 22.7. The summed E-state index contributed by atoms with van der Waals surface area (Å²) in [4.78, 5) is 25.0. The van der Waals surface area contributed by atoms with Crippen LogP contribution in [0.2, 0.25) is 0 Å². The number of ketones is 1. The molecule has 1 aliphatic rings. The second kappa shape index (κ2) is 9.95. The second-order valence-corrected chi connectivity index (χ2v) is 7.19. The van der Waals surface area contributed by atoms with Crippen molar-refractivity contribution in [2.24, 2.45) is 0 Å². The van der Waals surface area contributed by atoms with Crippen LogP contribution in [0.15, 0.2) is 72.5 Å². The Labute approximate surface area is 196 Å². The largest absolute Gasteiger partial charge is 0.493 e. The number of esters is 1. The molecule has 1 heterocycles. The Hall–Kier alpha value is -4.52. The van der Waals surface area contributed by atoms with Gasteiger partial charge in [0, 0.05) is 17.7 Å². The van der Waals surface area contributed by atoms with Crippen molar-refractivity contribution in [3.05, 3.63) is 89.2 Å². The molecule has 0 N–H and O–H groups in total. The number of carbonyl (C=O) groups excluding carboxylic acids is 2. The highest BCUT2D eigenvalue weighted by Gasteiger charge is 2.29. The minimum atomic E-state index is -0.543. The molecule has 1 aliphatic heterocycles. The second-order valence-electron chi connectivity index (χ2n) is 7.19. The van der Waals surface area contributed by atoms with Crippen LogP contribution >= 0.6 is 0 Å². The van der Waals surface area contributed by atoms with Crippen LogP contribution in [-0.4, -0.2) is 33.1 Å². The quantitative estimate of drug-likeness (QED) is 0.282. The standard InChI is InChI=1S/C27H22O7/c1-30-21-13-10-18(26(31-2)27(21)32-3)15-23-25(29)20-12-11-19(16-22(20)34-23)33-24(28)14-9-17-7-5-4-6-8-17/h4-16H,1-3H3. The number of fused-ring (bicyclic) bond motifs is 1. The van der Waals surface area contributed by atoms with Crippen LogP contribution < -0.4 is 23.7 Å². The number of benzene rings is 3. The van der Waals surface area contributed by atoms with Crippen LogP contribution in [0, 0.1) is 0 Å². The predicted molar refractivity (Wildman–Crippen MR) is 127 cm³/mol. The fraction of sp³-hybridized carbons (Fsp3) is 0.111. The number of rotatable bonds is 7. The summed E-state index contributed by atoms with van der Waals surface area (Å²) in [5, 5.41) is 0. The zero-order valence-electron chi connectivity index (χ0n) is 18.9. The summed E-state index contributed by atoms with van der Waals surface area (Å²) in [6.45, 7) is 0. The van der Waals surface area contributed by atoms with E-state index in [9.17, 15) is 9.59 Å². The Bertz CT molecular complexity index is 1290. The van der Waals surface area contributed by atoms with Crippen LogP contribution in [0.1, 0.15) is 21.5 Å². The SMILES string of the molecule is COc1ccc(C=C2Oc3cc(OC(=O)C=Cc4ccccc4)ccc3C2=O)c(OC)c1OC. The van der Waals surface area contributed by atoms with E-state index in [1.807, 2.05) is 30.3 Å². The van der Waals surface area contributed by atoms with Gasteiger partial charge in [-0.25, -0.2) is 4.79 Å². The van der Waals surface area contributed by atoms with Crippen LogP contribution in [0.5, 0.6) is 28.7 Å². The summed E-state index contributed by atoms with van der Waals surface area (Å²) in [5.74, 6) is 1.13. The molecule has 7 nitrogen and oxygen atoms in total. The van der Waals surface area contributed by atoms with Crippen molar-refractivity contribution in [3.63, 3.8) is 0 Å². The monoisotopic (exact) mass is 458 g/mol. The average Bonchev–Trinajstić information content (AvgIpc) is 3.17. The number of allylic oxidation sites excluding steroid dienone is 1. The lowest BCUT2D eigenvalue weighted by Crippen LogP contribution is -2.03. The molecule has 0 fully saturated rings. The highest BCUT2D eigenvalue weighted by atomic mass is 16.5. The number of Topliss-reactive ketones (excluding diaryl/α,β-unsaturated/α-hetero) is 1. The smallest absolute Gasteiger partial charge is 0.336 e. The summed E-state index contributed by atoms with van der Waals surface area (Å²) in [6, 6.07) is 17.5. The molecule has 34 heavy (non-hydrogen) atoms. The molecule has 0 aliphatic carbocycles. The van der Waals surface area contributed by atoms with E-state index in [4.69, 9.17) is 23.7 Å². The van der Waals surface area contributed by atoms with E-state index < -0.39 is 5.97 Å². The van der Waals surface area contributed by atoms with Crippen molar-refractivity contribution < 1.29 is 33.3 Å². The van der Waals surface area contributed by atoms with Crippen LogP contribution in [-0.2, 0) is 4.79 Å². The molecule has 4 rings (SSSR count). The third-order valence-corrected chi connectivity index (χ3v) is 5.09. The van der Waals surface area contributed by atoms with Crippen molar-refractivity contribution in [2.75, 3.05) is 21.3 Å². The van der Waals surface area contributed by atoms with Gasteiger partial charge in [-0.15, -0.1) is 0 Å². The third-order valence-electron chi connectivity index (χ3n) is 5.09. The van der Waals surface area contributed by atoms with E-state index in [2.05, 4.69) is 0 Å². The number of ether oxygens (including phenoxy) is 5. The summed E-state index contributed by atoms with van der Waals surface area (Å²) in [6.07, 6.45) is 4.56. The van der Waals surface area contributed by atoms with Gasteiger partial charge < -0.3 is 23.7 Å². The summed E-state index contributed by atoms with van der Waals surface area (Å²) in [7, 11) is 4.53. The molecule has 7 heteroatoms. The van der Waals surface area contributed by atoms with Crippen molar-refractivity contribution in [2.45, 2.75) is 0 Å². The molecule has 0 saturated heterocycles. The maximum absolute atomic E-state index is 12.9. The molecule has 0 saturated carbocycles. The van der Waals surface area contributed by atoms with E-state index in [0.717, 1.165) is 5.56 Å². The molecule has 0 radical (unpaired) electrons. The molecule has 0 aromatic heterocycles. The summed E-state index contributed by atoms with van der Waals surface area (Å²) >= 11 is 0. The van der Waals surface area contributed by atoms with E-state index in [0.29, 0.717) is 34.1 Å². The van der Waals surface area contributed by atoms with Crippen molar-refractivity contribution in [3.8, 4) is 28.7 Å². The van der Waals surface area contributed by atoms with Crippen LogP contribution in [0.3, 0.4) is 0 Å². The third kappa shape index (κ3) is 4.63. The van der Waals surface area contributed by atoms with Gasteiger partial charge in [-0.05, 0) is 42.0 Å². The zero-order chi connectivity index (χ0) is 24.1. The fourth-order valence-electron chi connectivity index (χ4n) is 3.49. The predicted octanol–water partition coefficient (Wildman–Crippen LogP) is 4.95. The maximum atomic E-state index is 12.9. The fourth-order valence-corrected chi connectivity index (χ4v) is 3.49. The molecule has 3 aromatic rings. The van der Waals surface area contributed by atoms with Gasteiger partial charge in [0.05, 0.1) is 26.9 Å². The Morgan fingerprint density at radius 2 is 1.65 bits per heavy atom. The topological polar surface area (TPSA) is 80.3 Å². The molecule has 0 amide bonds. The molecule has 3 aromatic carbocycles. The van der Waals surface area contributed by atoms with Gasteiger partial charge in [0.2, 0.25) is 11.5 Å². The minimum absolute atomic E-state index is 0.105. The Morgan fingerprint density at radius 1 is 0.882 bits per heavy atom. The first-order valence-electron chi connectivity index (χ1n) is 10.4. The van der Waals surface area contributed by atoms with Gasteiger partial charge in [0.1, 0.15) is 11.5 Å². The van der Waals surface area contributed by atoms with Crippen LogP contribution in [0.4, 0.5) is 0 Å². The minimum Gasteiger partial charge on any atom is -0.493 e. The van der Waals surface area contributed by atoms with E-state index in [1.54, 1.807) is 36.4 Å². The molecule has 0 bridgehead atoms. The van der Waals surface area contributed by atoms with Gasteiger partial charge in [-0.2, -0.15) is 0 Å². The number of hydrogen-bond donors (Lipinski definition) is 0. The number of hydrogen-bond acceptors (Lipinski definition) is 7. The lowest BCUT2D eigenvalue weighted by atomic mass is 10.1. The first-order chi connectivity index (χ1) is 16.5. The van der Waals surface area contributed by atoms with Gasteiger partial charge in [-0.3, -0.25) is 4.79 Å². The first-order valence-corrected chi connectivity index (χ1v) is 10.4. The van der Waals surface area contributed by atoms with E-state index in [-0.39, 0.29) is 17.3 Å². The van der Waals surface area contributed by atoms with Gasteiger partial charge in [0.15, 0.2) is 17.3 Å². The highest BCUT2D eigenvalue weighted by molar-refractivity contribution is 6.14. The maximum Gasteiger partial charge on any atom is 0.336 e. The van der Waals surface area contributed by atoms with E-state index >= 15 is 0 Å². The van der Waals surface area contributed by atoms with Crippen molar-refractivity contribution >= 4 is 23.9 Å². The molecular formula is C27H22O7. The molecular weight excluding hydrogens is 436 g/mol. The van der Waals surface area contributed by atoms with E-state index in [1.165, 1.54) is 33.5 Å². The molecule has 0 atom stereocenters. The van der Waals surface area contributed by atoms with Gasteiger partial charge in [0.25, 0.3) is 0 Å². The highest BCUT2D eigenvalue weighted by Crippen LogP contribution is 2.42. The van der Waals surface area contributed by atoms with Gasteiger partial charge in [-0.1, -0.05) is 30.3 Å². The van der Waals surface area contributed by atoms with Crippen molar-refractivity contribution in [1.29, 1.82) is 0 Å². The molecule has 0 spiro atoms. The normalized spacial score (nSPS) is 13.5. The molecule has 0 unspecified atom stereocenters. The summed E-state index contributed by atoms with van der Waals surface area (Å²) in [5.41, 5.74) is 1.82. The van der Waals surface area contributed by atoms with Gasteiger partial charge >= 0.3 is 5.97 Å². The lowest BCUT2D eigenvalue weighted by Gasteiger charge is -2.14. The Kier molecular flexibility index (Phi) is 6.64. The zero-order valence-corrected chi connectivity index (χ0v) is 18.9.